The number of aromatic nitrogens is 5. The van der Waals surface area contributed by atoms with Crippen molar-refractivity contribution in [1.29, 1.82) is 5.26 Å². The van der Waals surface area contributed by atoms with Crippen LogP contribution in [0.3, 0.4) is 0 Å². The summed E-state index contributed by atoms with van der Waals surface area (Å²) in [6.07, 6.45) is 7.32. The normalized spacial score (nSPS) is 16.1. The number of hydrogen-bond acceptors (Lipinski definition) is 8. The molecule has 1 atom stereocenters. The van der Waals surface area contributed by atoms with Gasteiger partial charge in [0.1, 0.15) is 23.6 Å². The van der Waals surface area contributed by atoms with Gasteiger partial charge in [0, 0.05) is 24.4 Å². The molecule has 3 aromatic heterocycles. The fourth-order valence-electron chi connectivity index (χ4n) is 4.01. The smallest absolute Gasteiger partial charge is 0.219 e. The zero-order valence-electron chi connectivity index (χ0n) is 17.6. The number of nitrogens with zero attached hydrogens (tertiary/aromatic N) is 7. The number of pyridine rings is 1. The van der Waals surface area contributed by atoms with Crippen molar-refractivity contribution in [3.63, 3.8) is 0 Å². The third-order valence-electron chi connectivity index (χ3n) is 5.64. The minimum absolute atomic E-state index is 0.0455. The van der Waals surface area contributed by atoms with Crippen LogP contribution >= 0.6 is 0 Å². The Kier molecular flexibility index (Phi) is 5.03. The molecule has 1 aromatic carbocycles. The van der Waals surface area contributed by atoms with Crippen LogP contribution in [0.1, 0.15) is 24.4 Å². The van der Waals surface area contributed by atoms with Crippen LogP contribution in [0.25, 0.3) is 22.3 Å². The summed E-state index contributed by atoms with van der Waals surface area (Å²) in [5, 5.41) is 14.9. The first kappa shape index (κ1) is 19.8. The highest BCUT2D eigenvalue weighted by Gasteiger charge is 2.26. The van der Waals surface area contributed by atoms with Crippen molar-refractivity contribution in [3.05, 3.63) is 54.5 Å². The maximum Gasteiger partial charge on any atom is 0.219 e. The minimum atomic E-state index is 0.0455. The van der Waals surface area contributed by atoms with E-state index < -0.39 is 0 Å². The molecule has 32 heavy (non-hydrogen) atoms. The Morgan fingerprint density at radius 2 is 1.97 bits per heavy atom. The molecule has 1 aliphatic rings. The fourth-order valence-corrected chi connectivity index (χ4v) is 4.01. The van der Waals surface area contributed by atoms with E-state index in [0.717, 1.165) is 35.9 Å². The van der Waals surface area contributed by atoms with Gasteiger partial charge in [0.25, 0.3) is 0 Å². The zero-order chi connectivity index (χ0) is 22.1. The molecule has 1 fully saturated rings. The Hall–Kier alpha value is -4.19. The van der Waals surface area contributed by atoms with Crippen molar-refractivity contribution in [2.45, 2.75) is 25.8 Å². The third-order valence-corrected chi connectivity index (χ3v) is 5.64. The van der Waals surface area contributed by atoms with Crippen molar-refractivity contribution in [1.82, 2.24) is 29.6 Å². The molecule has 5 rings (SSSR count). The summed E-state index contributed by atoms with van der Waals surface area (Å²) in [4.78, 5) is 14.7. The Balaban J connectivity index is 1.50. The van der Waals surface area contributed by atoms with E-state index in [1.54, 1.807) is 11.1 Å². The van der Waals surface area contributed by atoms with E-state index in [-0.39, 0.29) is 6.04 Å². The summed E-state index contributed by atoms with van der Waals surface area (Å²) in [6, 6.07) is 11.5. The van der Waals surface area contributed by atoms with Gasteiger partial charge in [0.05, 0.1) is 18.0 Å². The van der Waals surface area contributed by atoms with E-state index >= 15 is 0 Å². The van der Waals surface area contributed by atoms with Crippen LogP contribution < -0.4 is 10.5 Å². The zero-order valence-corrected chi connectivity index (χ0v) is 17.6. The van der Waals surface area contributed by atoms with Crippen LogP contribution in [0.4, 0.5) is 5.82 Å². The molecule has 9 nitrogen and oxygen atoms in total. The first-order valence-corrected chi connectivity index (χ1v) is 10.5. The summed E-state index contributed by atoms with van der Waals surface area (Å²) in [5.74, 6) is 1.60. The highest BCUT2D eigenvalue weighted by atomic mass is 16.5. The summed E-state index contributed by atoms with van der Waals surface area (Å²) >= 11 is 0. The average molecular weight is 426 g/mol. The number of rotatable bonds is 4. The summed E-state index contributed by atoms with van der Waals surface area (Å²) < 4.78 is 7.73. The molecule has 9 heteroatoms. The lowest BCUT2D eigenvalue weighted by atomic mass is 10.1. The molecule has 0 aliphatic carbocycles. The van der Waals surface area contributed by atoms with Gasteiger partial charge < -0.3 is 15.4 Å². The highest BCUT2D eigenvalue weighted by Crippen LogP contribution is 2.34. The van der Waals surface area contributed by atoms with Crippen molar-refractivity contribution in [3.8, 4) is 29.1 Å². The molecular weight excluding hydrogens is 404 g/mol. The number of anilines is 1. The molecule has 0 amide bonds. The number of aryl methyl sites for hydroxylation is 1. The molecule has 1 saturated heterocycles. The van der Waals surface area contributed by atoms with Crippen molar-refractivity contribution >= 4 is 16.9 Å². The van der Waals surface area contributed by atoms with Crippen molar-refractivity contribution in [2.75, 3.05) is 18.8 Å². The Labute approximate surface area is 185 Å². The Morgan fingerprint density at radius 3 is 2.72 bits per heavy atom. The van der Waals surface area contributed by atoms with Gasteiger partial charge in [0.15, 0.2) is 11.8 Å². The number of ether oxygens (including phenoxy) is 1. The van der Waals surface area contributed by atoms with E-state index in [1.807, 2.05) is 48.0 Å². The fraction of sp³-hybridized carbons (Fsp3) is 0.261. The Bertz CT molecular complexity index is 1290. The minimum Gasteiger partial charge on any atom is -0.439 e. The maximum absolute atomic E-state index is 9.33. The molecule has 0 bridgehead atoms. The Morgan fingerprint density at radius 1 is 1.12 bits per heavy atom. The second-order valence-corrected chi connectivity index (χ2v) is 7.89. The first-order valence-electron chi connectivity index (χ1n) is 10.5. The predicted octanol–water partition coefficient (Wildman–Crippen LogP) is 3.69. The molecular formula is C23H22N8O. The monoisotopic (exact) mass is 426 g/mol. The highest BCUT2D eigenvalue weighted by molar-refractivity contribution is 5.98. The molecule has 0 saturated carbocycles. The van der Waals surface area contributed by atoms with Crippen LogP contribution in [0.15, 0.2) is 48.9 Å². The van der Waals surface area contributed by atoms with Crippen molar-refractivity contribution < 1.29 is 4.74 Å². The number of piperidine rings is 1. The molecule has 0 spiro atoms. The molecule has 4 aromatic rings. The van der Waals surface area contributed by atoms with Gasteiger partial charge in [-0.3, -0.25) is 0 Å². The van der Waals surface area contributed by atoms with Crippen LogP contribution in [-0.2, 0) is 0 Å². The average Bonchev–Trinajstić information content (AvgIpc) is 3.22. The van der Waals surface area contributed by atoms with Crippen LogP contribution in [-0.4, -0.2) is 42.7 Å². The van der Waals surface area contributed by atoms with E-state index in [1.165, 1.54) is 6.33 Å². The quantitative estimate of drug-likeness (QED) is 0.491. The van der Waals surface area contributed by atoms with Crippen LogP contribution in [0.5, 0.6) is 11.6 Å². The van der Waals surface area contributed by atoms with Gasteiger partial charge in [-0.2, -0.15) is 10.4 Å². The third kappa shape index (κ3) is 3.67. The second kappa shape index (κ2) is 8.15. The van der Waals surface area contributed by atoms with Gasteiger partial charge in [-0.05, 0) is 49.6 Å². The van der Waals surface area contributed by atoms with E-state index in [0.29, 0.717) is 35.3 Å². The topological polar surface area (TPSA) is 119 Å². The molecule has 2 N–H and O–H groups in total. The van der Waals surface area contributed by atoms with Crippen molar-refractivity contribution in [2.24, 2.45) is 0 Å². The summed E-state index contributed by atoms with van der Waals surface area (Å²) in [5.41, 5.74) is 9.59. The lowest BCUT2D eigenvalue weighted by Crippen LogP contribution is -2.33. The number of likely N-dealkylation sites (tertiary alicyclic amines) is 1. The molecule has 1 aliphatic heterocycles. The van der Waals surface area contributed by atoms with Crippen LogP contribution in [0, 0.1) is 18.4 Å². The molecule has 160 valence electrons. The largest absolute Gasteiger partial charge is 0.439 e. The van der Waals surface area contributed by atoms with Gasteiger partial charge in [-0.15, -0.1) is 0 Å². The molecule has 0 radical (unpaired) electrons. The number of nitriles is 1. The lowest BCUT2D eigenvalue weighted by molar-refractivity contribution is 0.236. The maximum atomic E-state index is 9.33. The van der Waals surface area contributed by atoms with Gasteiger partial charge in [0.2, 0.25) is 5.88 Å². The number of benzene rings is 1. The van der Waals surface area contributed by atoms with Gasteiger partial charge >= 0.3 is 0 Å². The van der Waals surface area contributed by atoms with Gasteiger partial charge in [-0.25, -0.2) is 19.6 Å². The summed E-state index contributed by atoms with van der Waals surface area (Å²) in [7, 11) is 0. The number of nitrogen functional groups attached to an aromatic ring is 1. The number of nitrogens with two attached hydrogens (primary N) is 1. The summed E-state index contributed by atoms with van der Waals surface area (Å²) in [6.45, 7) is 3.36. The first-order chi connectivity index (χ1) is 15.6. The SMILES string of the molecule is Cc1ccc(Oc2ccc(-c3nn([C@@H]4CCCN(C#N)C4)c4ncnc(N)c34)cc2)nc1. The van der Waals surface area contributed by atoms with Gasteiger partial charge in [-0.1, -0.05) is 6.07 Å². The van der Waals surface area contributed by atoms with E-state index in [9.17, 15) is 5.26 Å². The lowest BCUT2D eigenvalue weighted by Gasteiger charge is -2.28. The van der Waals surface area contributed by atoms with Crippen LogP contribution in [0.2, 0.25) is 0 Å². The van der Waals surface area contributed by atoms with E-state index in [2.05, 4.69) is 21.1 Å². The number of fused-ring (bicyclic) bond motifs is 1. The molecule has 4 heterocycles. The van der Waals surface area contributed by atoms with E-state index in [4.69, 9.17) is 15.6 Å². The standard InChI is InChI=1S/C23H22N8O/c1-15-4-9-19(26-11-15)32-18-7-5-16(6-8-18)21-20-22(25)27-14-28-23(20)31(29-21)17-3-2-10-30(12-17)13-24/h4-9,11,14,17H,2-3,10,12H2,1H3,(H2,25,27,28)/t17-/m1/s1. The second-order valence-electron chi connectivity index (χ2n) is 7.89. The number of hydrogen-bond donors (Lipinski definition) is 1. The molecule has 0 unspecified atom stereocenters. The predicted molar refractivity (Wildman–Crippen MR) is 120 cm³/mol.